The first-order valence-corrected chi connectivity index (χ1v) is 12.4. The number of hydrogen-bond donors (Lipinski definition) is 2. The first-order valence-electron chi connectivity index (χ1n) is 12.4. The molecule has 3 unspecified atom stereocenters. The van der Waals surface area contributed by atoms with Gasteiger partial charge >= 0.3 is 17.9 Å². The van der Waals surface area contributed by atoms with Crippen LogP contribution in [0.15, 0.2) is 0 Å². The largest absolute Gasteiger partial charge is 0.481 e. The Morgan fingerprint density at radius 1 is 0.912 bits per heavy atom. The number of ether oxygens (including phenoxy) is 4. The highest BCUT2D eigenvalue weighted by atomic mass is 16.7. The lowest BCUT2D eigenvalue weighted by Crippen LogP contribution is -2.50. The summed E-state index contributed by atoms with van der Waals surface area (Å²) in [5.74, 6) is -1.35. The predicted molar refractivity (Wildman–Crippen MR) is 123 cm³/mol. The van der Waals surface area contributed by atoms with Gasteiger partial charge in [0.15, 0.2) is 6.10 Å². The van der Waals surface area contributed by atoms with Crippen molar-refractivity contribution in [2.24, 2.45) is 23.7 Å². The zero-order valence-electron chi connectivity index (χ0n) is 21.3. The molecule has 7 atom stereocenters. The van der Waals surface area contributed by atoms with Crippen LogP contribution < -0.4 is 0 Å². The minimum Gasteiger partial charge on any atom is -0.481 e. The Labute approximate surface area is 202 Å². The van der Waals surface area contributed by atoms with Crippen molar-refractivity contribution in [2.75, 3.05) is 13.2 Å². The fourth-order valence-corrected chi connectivity index (χ4v) is 5.87. The summed E-state index contributed by atoms with van der Waals surface area (Å²) in [6.45, 7) is 13.3. The molecule has 2 heterocycles. The van der Waals surface area contributed by atoms with Crippen molar-refractivity contribution in [3.63, 3.8) is 0 Å². The minimum atomic E-state index is -1.06. The van der Waals surface area contributed by atoms with Gasteiger partial charge in [0, 0.05) is 6.42 Å². The van der Waals surface area contributed by atoms with Crippen molar-refractivity contribution in [2.45, 2.75) is 104 Å². The van der Waals surface area contributed by atoms with E-state index in [-0.39, 0.29) is 44.3 Å². The third-order valence-corrected chi connectivity index (χ3v) is 7.26. The van der Waals surface area contributed by atoms with E-state index in [1.807, 2.05) is 6.92 Å². The molecule has 0 aromatic rings. The fraction of sp³-hybridized carbons (Fsp3) is 0.880. The Kier molecular flexibility index (Phi) is 10.3. The molecule has 0 amide bonds. The lowest BCUT2D eigenvalue weighted by atomic mass is 9.66. The molecule has 0 aliphatic carbocycles. The van der Waals surface area contributed by atoms with Crippen LogP contribution in [-0.4, -0.2) is 71.4 Å². The van der Waals surface area contributed by atoms with Crippen LogP contribution in [0.2, 0.25) is 0 Å². The number of aliphatic carboxylic acids is 2. The number of carbonyl (C=O) groups is 3. The van der Waals surface area contributed by atoms with Gasteiger partial charge in [0.25, 0.3) is 0 Å². The summed E-state index contributed by atoms with van der Waals surface area (Å²) in [7, 11) is 0. The van der Waals surface area contributed by atoms with E-state index in [9.17, 15) is 19.5 Å². The molecule has 196 valence electrons. The SMILES string of the molecule is CCC(C(C)C)C(C(C)C)C(C)(CCC(=O)O)O[C@H]1CO[C@H]2[C@@H]1OC[C@H]2OC(=O)CCC(=O)O. The maximum atomic E-state index is 12.0. The highest BCUT2D eigenvalue weighted by Gasteiger charge is 2.53. The molecule has 2 saturated heterocycles. The molecule has 2 N–H and O–H groups in total. The third-order valence-electron chi connectivity index (χ3n) is 7.26. The van der Waals surface area contributed by atoms with E-state index in [1.165, 1.54) is 0 Å². The van der Waals surface area contributed by atoms with Crippen LogP contribution in [0.1, 0.15) is 73.6 Å². The van der Waals surface area contributed by atoms with Crippen molar-refractivity contribution in [1.29, 1.82) is 0 Å². The molecule has 0 spiro atoms. The van der Waals surface area contributed by atoms with Gasteiger partial charge in [-0.25, -0.2) is 0 Å². The second-order valence-electron chi connectivity index (χ2n) is 10.5. The van der Waals surface area contributed by atoms with Crippen LogP contribution in [0.5, 0.6) is 0 Å². The molecule has 0 radical (unpaired) electrons. The van der Waals surface area contributed by atoms with E-state index < -0.39 is 47.9 Å². The number of rotatable bonds is 14. The quantitative estimate of drug-likeness (QED) is 0.354. The van der Waals surface area contributed by atoms with E-state index in [1.54, 1.807) is 0 Å². The van der Waals surface area contributed by atoms with Gasteiger partial charge in [-0.3, -0.25) is 14.4 Å². The summed E-state index contributed by atoms with van der Waals surface area (Å²) >= 11 is 0. The fourth-order valence-electron chi connectivity index (χ4n) is 5.87. The van der Waals surface area contributed by atoms with Crippen LogP contribution in [0.4, 0.5) is 0 Å². The molecule has 0 aromatic heterocycles. The van der Waals surface area contributed by atoms with Gasteiger partial charge in [-0.1, -0.05) is 41.0 Å². The number of fused-ring (bicyclic) bond motifs is 1. The molecule has 2 fully saturated rings. The van der Waals surface area contributed by atoms with Gasteiger partial charge in [-0.05, 0) is 37.0 Å². The van der Waals surface area contributed by atoms with Gasteiger partial charge in [0.05, 0.1) is 31.7 Å². The topological polar surface area (TPSA) is 129 Å². The first-order chi connectivity index (χ1) is 15.9. The summed E-state index contributed by atoms with van der Waals surface area (Å²) in [5.41, 5.74) is -0.708. The summed E-state index contributed by atoms with van der Waals surface area (Å²) in [5, 5.41) is 18.2. The Hall–Kier alpha value is -1.71. The number of hydrogen-bond acceptors (Lipinski definition) is 7. The summed E-state index contributed by atoms with van der Waals surface area (Å²) in [6, 6.07) is 0. The van der Waals surface area contributed by atoms with Crippen LogP contribution in [0.3, 0.4) is 0 Å². The predicted octanol–water partition coefficient (Wildman–Crippen LogP) is 3.52. The van der Waals surface area contributed by atoms with Gasteiger partial charge in [-0.2, -0.15) is 0 Å². The van der Waals surface area contributed by atoms with E-state index in [4.69, 9.17) is 24.1 Å². The maximum Gasteiger partial charge on any atom is 0.306 e. The Bertz CT molecular complexity index is 706. The van der Waals surface area contributed by atoms with Crippen molar-refractivity contribution in [3.05, 3.63) is 0 Å². The maximum absolute atomic E-state index is 12.0. The molecule has 2 aliphatic rings. The smallest absolute Gasteiger partial charge is 0.306 e. The third kappa shape index (κ3) is 7.15. The molecule has 2 rings (SSSR count). The van der Waals surface area contributed by atoms with Crippen LogP contribution in [0.25, 0.3) is 0 Å². The monoisotopic (exact) mass is 486 g/mol. The van der Waals surface area contributed by atoms with Gasteiger partial charge < -0.3 is 29.2 Å². The molecule has 0 bridgehead atoms. The van der Waals surface area contributed by atoms with E-state index in [2.05, 4.69) is 34.6 Å². The Morgan fingerprint density at radius 2 is 1.47 bits per heavy atom. The zero-order chi connectivity index (χ0) is 25.6. The highest BCUT2D eigenvalue weighted by molar-refractivity contribution is 5.76. The van der Waals surface area contributed by atoms with E-state index in [0.29, 0.717) is 18.3 Å². The summed E-state index contributed by atoms with van der Waals surface area (Å²) in [6.07, 6.45) is -1.13. The van der Waals surface area contributed by atoms with Gasteiger partial charge in [-0.15, -0.1) is 0 Å². The number of esters is 1. The van der Waals surface area contributed by atoms with Crippen molar-refractivity contribution in [1.82, 2.24) is 0 Å². The van der Waals surface area contributed by atoms with Crippen LogP contribution in [0, 0.1) is 23.7 Å². The second-order valence-corrected chi connectivity index (χ2v) is 10.5. The normalized spacial score (nSPS) is 27.9. The van der Waals surface area contributed by atoms with Crippen LogP contribution >= 0.6 is 0 Å². The first kappa shape index (κ1) is 28.5. The van der Waals surface area contributed by atoms with Crippen LogP contribution in [-0.2, 0) is 33.3 Å². The summed E-state index contributed by atoms with van der Waals surface area (Å²) < 4.78 is 24.0. The lowest BCUT2D eigenvalue weighted by molar-refractivity contribution is -0.175. The number of carboxylic acids is 2. The zero-order valence-corrected chi connectivity index (χ0v) is 21.3. The molecule has 2 aliphatic heterocycles. The Morgan fingerprint density at radius 3 is 1.97 bits per heavy atom. The average molecular weight is 487 g/mol. The molecular formula is C25H42O9. The standard InChI is InChI=1S/C25H42O9/c1-7-16(14(2)3)22(15(4)5)25(6,11-10-20(28)29)34-18-13-32-23-17(12-31-24(18)23)33-21(30)9-8-19(26)27/h14-18,22-24H,7-13H2,1-6H3,(H,26,27)(H,28,29)/t16?,17-,18+,22?,23-,24-,25?/m1/s1. The Balaban J connectivity index is 2.17. The number of carbonyl (C=O) groups excluding carboxylic acids is 1. The average Bonchev–Trinajstić information content (AvgIpc) is 3.31. The van der Waals surface area contributed by atoms with E-state index in [0.717, 1.165) is 6.42 Å². The number of carboxylic acid groups (broad SMARTS) is 2. The lowest BCUT2D eigenvalue weighted by Gasteiger charge is -2.47. The molecule has 9 nitrogen and oxygen atoms in total. The summed E-state index contributed by atoms with van der Waals surface area (Å²) in [4.78, 5) is 34.2. The van der Waals surface area contributed by atoms with Gasteiger partial charge in [0.2, 0.25) is 0 Å². The molecule has 0 aromatic carbocycles. The van der Waals surface area contributed by atoms with Crippen molar-refractivity contribution < 1.29 is 43.5 Å². The molecular weight excluding hydrogens is 444 g/mol. The van der Waals surface area contributed by atoms with E-state index >= 15 is 0 Å². The minimum absolute atomic E-state index is 0.000590. The highest BCUT2D eigenvalue weighted by Crippen LogP contribution is 2.44. The second kappa shape index (κ2) is 12.3. The van der Waals surface area contributed by atoms with Crippen molar-refractivity contribution >= 4 is 17.9 Å². The van der Waals surface area contributed by atoms with Crippen molar-refractivity contribution in [3.8, 4) is 0 Å². The molecule has 34 heavy (non-hydrogen) atoms. The molecule has 0 saturated carbocycles. The van der Waals surface area contributed by atoms with Gasteiger partial charge in [0.1, 0.15) is 18.3 Å². The molecule has 9 heteroatoms.